The Bertz CT molecular complexity index is 1030. The number of phenolic OH excluding ortho intramolecular Hbond substituents is 1. The molecule has 146 valence electrons. The molecule has 4 rings (SSSR count). The first kappa shape index (κ1) is 18.7. The molecule has 0 spiro atoms. The number of nitrogens with one attached hydrogen (secondary N) is 2. The standard InChI is InChI=1S/C24H22N2O3/c27-22-13-6-17(14-16-4-2-1-3-5-16)15-21(22)24(29)26-20-11-9-19(10-12-20)25-23(28)18-7-8-18/h1-6,9-13,15,18,27H,7-8,14H2,(H,25,28)(H,26,29). The molecular formula is C24H22N2O3. The monoisotopic (exact) mass is 386 g/mol. The lowest BCUT2D eigenvalue weighted by atomic mass is 10.0. The van der Waals surface area contributed by atoms with E-state index in [2.05, 4.69) is 10.6 Å². The van der Waals surface area contributed by atoms with E-state index in [4.69, 9.17) is 0 Å². The van der Waals surface area contributed by atoms with Crippen LogP contribution in [-0.2, 0) is 11.2 Å². The highest BCUT2D eigenvalue weighted by atomic mass is 16.3. The van der Waals surface area contributed by atoms with Crippen LogP contribution in [0.5, 0.6) is 5.75 Å². The van der Waals surface area contributed by atoms with Gasteiger partial charge in [0.05, 0.1) is 5.56 Å². The third-order valence-electron chi connectivity index (χ3n) is 4.92. The Labute approximate surface area is 169 Å². The molecule has 0 unspecified atom stereocenters. The topological polar surface area (TPSA) is 78.4 Å². The summed E-state index contributed by atoms with van der Waals surface area (Å²) < 4.78 is 0. The SMILES string of the molecule is O=C(Nc1ccc(NC(=O)C2CC2)cc1)c1cc(Cc2ccccc2)ccc1O. The summed E-state index contributed by atoms with van der Waals surface area (Å²) in [5, 5.41) is 15.8. The van der Waals surface area contributed by atoms with Crippen molar-refractivity contribution in [3.63, 3.8) is 0 Å². The number of amides is 2. The number of hydrogen-bond acceptors (Lipinski definition) is 3. The van der Waals surface area contributed by atoms with E-state index in [1.54, 1.807) is 36.4 Å². The van der Waals surface area contributed by atoms with Gasteiger partial charge in [0.1, 0.15) is 5.75 Å². The Morgan fingerprint density at radius 1 is 0.828 bits per heavy atom. The van der Waals surface area contributed by atoms with E-state index >= 15 is 0 Å². The minimum absolute atomic E-state index is 0.0435. The van der Waals surface area contributed by atoms with Crippen LogP contribution in [-0.4, -0.2) is 16.9 Å². The van der Waals surface area contributed by atoms with Crippen molar-refractivity contribution in [2.24, 2.45) is 5.92 Å². The Morgan fingerprint density at radius 2 is 1.48 bits per heavy atom. The Hall–Kier alpha value is -3.60. The van der Waals surface area contributed by atoms with Crippen molar-refractivity contribution >= 4 is 23.2 Å². The van der Waals surface area contributed by atoms with Crippen LogP contribution in [0.1, 0.15) is 34.3 Å². The van der Waals surface area contributed by atoms with E-state index in [1.807, 2.05) is 36.4 Å². The fourth-order valence-electron chi connectivity index (χ4n) is 3.13. The van der Waals surface area contributed by atoms with E-state index in [0.717, 1.165) is 24.0 Å². The molecule has 3 aromatic rings. The van der Waals surface area contributed by atoms with Gasteiger partial charge in [-0.15, -0.1) is 0 Å². The van der Waals surface area contributed by atoms with Crippen molar-refractivity contribution in [3.8, 4) is 5.75 Å². The predicted molar refractivity (Wildman–Crippen MR) is 113 cm³/mol. The molecule has 0 aromatic heterocycles. The van der Waals surface area contributed by atoms with E-state index < -0.39 is 0 Å². The van der Waals surface area contributed by atoms with Gasteiger partial charge in [-0.2, -0.15) is 0 Å². The van der Waals surface area contributed by atoms with Gasteiger partial charge in [0.25, 0.3) is 5.91 Å². The lowest BCUT2D eigenvalue weighted by molar-refractivity contribution is -0.117. The molecular weight excluding hydrogens is 364 g/mol. The first-order chi connectivity index (χ1) is 14.1. The Morgan fingerprint density at radius 3 is 2.14 bits per heavy atom. The van der Waals surface area contributed by atoms with Gasteiger partial charge in [0.2, 0.25) is 5.91 Å². The fraction of sp³-hybridized carbons (Fsp3) is 0.167. The second kappa shape index (κ2) is 8.19. The molecule has 5 heteroatoms. The maximum absolute atomic E-state index is 12.7. The molecule has 2 amide bonds. The number of benzene rings is 3. The molecule has 0 bridgehead atoms. The normalized spacial score (nSPS) is 13.0. The van der Waals surface area contributed by atoms with Crippen molar-refractivity contribution in [2.75, 3.05) is 10.6 Å². The zero-order chi connectivity index (χ0) is 20.2. The molecule has 3 N–H and O–H groups in total. The molecule has 0 saturated heterocycles. The minimum atomic E-state index is -0.382. The summed E-state index contributed by atoms with van der Waals surface area (Å²) >= 11 is 0. The summed E-state index contributed by atoms with van der Waals surface area (Å²) in [5.74, 6) is -0.262. The third-order valence-corrected chi connectivity index (χ3v) is 4.92. The molecule has 1 aliphatic rings. The first-order valence-corrected chi connectivity index (χ1v) is 9.66. The maximum atomic E-state index is 12.7. The van der Waals surface area contributed by atoms with Gasteiger partial charge in [0.15, 0.2) is 0 Å². The van der Waals surface area contributed by atoms with E-state index in [1.165, 1.54) is 0 Å². The quantitative estimate of drug-likeness (QED) is 0.580. The largest absolute Gasteiger partial charge is 0.507 e. The molecule has 1 saturated carbocycles. The van der Waals surface area contributed by atoms with Gasteiger partial charge in [-0.1, -0.05) is 36.4 Å². The number of aromatic hydroxyl groups is 1. The summed E-state index contributed by atoms with van der Waals surface area (Å²) in [4.78, 5) is 24.5. The summed E-state index contributed by atoms with van der Waals surface area (Å²) in [6.07, 6.45) is 2.58. The number of carbonyl (C=O) groups excluding carboxylic acids is 2. The van der Waals surface area contributed by atoms with Crippen LogP contribution < -0.4 is 10.6 Å². The Kier molecular flexibility index (Phi) is 5.29. The number of rotatable bonds is 6. The third kappa shape index (κ3) is 4.82. The van der Waals surface area contributed by atoms with Crippen molar-refractivity contribution in [3.05, 3.63) is 89.5 Å². The maximum Gasteiger partial charge on any atom is 0.259 e. The van der Waals surface area contributed by atoms with Gasteiger partial charge in [-0.3, -0.25) is 9.59 Å². The summed E-state index contributed by atoms with van der Waals surface area (Å²) in [7, 11) is 0. The van der Waals surface area contributed by atoms with Crippen molar-refractivity contribution in [2.45, 2.75) is 19.3 Å². The van der Waals surface area contributed by atoms with Crippen LogP contribution in [0.4, 0.5) is 11.4 Å². The summed E-state index contributed by atoms with van der Waals surface area (Å²) in [6.45, 7) is 0. The molecule has 0 atom stereocenters. The van der Waals surface area contributed by atoms with Gasteiger partial charge in [-0.05, 0) is 66.8 Å². The number of hydrogen-bond donors (Lipinski definition) is 3. The van der Waals surface area contributed by atoms with Crippen molar-refractivity contribution in [1.29, 1.82) is 0 Å². The zero-order valence-electron chi connectivity index (χ0n) is 15.9. The number of carbonyl (C=O) groups is 2. The van der Waals surface area contributed by atoms with Crippen LogP contribution in [0.3, 0.4) is 0 Å². The van der Waals surface area contributed by atoms with Crippen LogP contribution >= 0.6 is 0 Å². The lowest BCUT2D eigenvalue weighted by Crippen LogP contribution is -2.14. The average molecular weight is 386 g/mol. The second-order valence-corrected chi connectivity index (χ2v) is 7.31. The van der Waals surface area contributed by atoms with E-state index in [0.29, 0.717) is 17.8 Å². The molecule has 3 aromatic carbocycles. The van der Waals surface area contributed by atoms with E-state index in [-0.39, 0.29) is 29.0 Å². The summed E-state index contributed by atoms with van der Waals surface area (Å²) in [6, 6.07) is 22.0. The predicted octanol–water partition coefficient (Wildman–Crippen LogP) is 4.58. The zero-order valence-corrected chi connectivity index (χ0v) is 15.9. The van der Waals surface area contributed by atoms with Crippen LogP contribution in [0.2, 0.25) is 0 Å². The number of phenols is 1. The number of anilines is 2. The van der Waals surface area contributed by atoms with Gasteiger partial charge >= 0.3 is 0 Å². The van der Waals surface area contributed by atoms with Gasteiger partial charge < -0.3 is 15.7 Å². The van der Waals surface area contributed by atoms with Crippen LogP contribution in [0.25, 0.3) is 0 Å². The summed E-state index contributed by atoms with van der Waals surface area (Å²) in [5.41, 5.74) is 3.59. The molecule has 0 radical (unpaired) electrons. The average Bonchev–Trinajstić information content (AvgIpc) is 3.57. The van der Waals surface area contributed by atoms with Crippen LogP contribution in [0.15, 0.2) is 72.8 Å². The highest BCUT2D eigenvalue weighted by molar-refractivity contribution is 6.06. The van der Waals surface area contributed by atoms with Crippen molar-refractivity contribution < 1.29 is 14.7 Å². The molecule has 5 nitrogen and oxygen atoms in total. The molecule has 0 aliphatic heterocycles. The highest BCUT2D eigenvalue weighted by Gasteiger charge is 2.29. The van der Waals surface area contributed by atoms with E-state index in [9.17, 15) is 14.7 Å². The van der Waals surface area contributed by atoms with Crippen LogP contribution in [0, 0.1) is 5.92 Å². The molecule has 29 heavy (non-hydrogen) atoms. The first-order valence-electron chi connectivity index (χ1n) is 9.66. The van der Waals surface area contributed by atoms with Crippen molar-refractivity contribution in [1.82, 2.24) is 0 Å². The second-order valence-electron chi connectivity index (χ2n) is 7.31. The molecule has 1 fully saturated rings. The highest BCUT2D eigenvalue weighted by Crippen LogP contribution is 2.30. The lowest BCUT2D eigenvalue weighted by Gasteiger charge is -2.10. The molecule has 0 heterocycles. The van der Waals surface area contributed by atoms with Gasteiger partial charge in [-0.25, -0.2) is 0 Å². The molecule has 1 aliphatic carbocycles. The minimum Gasteiger partial charge on any atom is -0.507 e. The smallest absolute Gasteiger partial charge is 0.259 e. The van der Waals surface area contributed by atoms with Gasteiger partial charge in [0, 0.05) is 17.3 Å². The fourth-order valence-corrected chi connectivity index (χ4v) is 3.13. The Balaban J connectivity index is 1.43.